The Kier molecular flexibility index (Phi) is 5.11. The van der Waals surface area contributed by atoms with Crippen LogP contribution in [0.3, 0.4) is 0 Å². The summed E-state index contributed by atoms with van der Waals surface area (Å²) in [5.41, 5.74) is 3.65. The van der Waals surface area contributed by atoms with Gasteiger partial charge in [-0.15, -0.1) is 0 Å². The molecule has 0 amide bonds. The van der Waals surface area contributed by atoms with E-state index in [4.69, 9.17) is 0 Å². The molecule has 0 aliphatic heterocycles. The van der Waals surface area contributed by atoms with Crippen LogP contribution in [0, 0.1) is 0 Å². The Morgan fingerprint density at radius 3 is 1.92 bits per heavy atom. The maximum Gasteiger partial charge on any atom is -0.0398 e. The zero-order valence-electron chi connectivity index (χ0n) is 8.52. The van der Waals surface area contributed by atoms with Crippen molar-refractivity contribution in [2.45, 2.75) is 27.7 Å². The Labute approximate surface area is 76.0 Å². The summed E-state index contributed by atoms with van der Waals surface area (Å²) in [6.45, 7) is 12.0. The summed E-state index contributed by atoms with van der Waals surface area (Å²) in [7, 11) is 0. The van der Waals surface area contributed by atoms with Gasteiger partial charge in [-0.1, -0.05) is 47.6 Å². The van der Waals surface area contributed by atoms with Crippen LogP contribution in [-0.4, -0.2) is 0 Å². The first-order valence-electron chi connectivity index (χ1n) is 4.17. The number of hydrogen-bond donors (Lipinski definition) is 0. The van der Waals surface area contributed by atoms with Gasteiger partial charge in [0.2, 0.25) is 0 Å². The van der Waals surface area contributed by atoms with Gasteiger partial charge >= 0.3 is 0 Å². The highest BCUT2D eigenvalue weighted by Crippen LogP contribution is 2.00. The molecule has 0 heterocycles. The first-order chi connectivity index (χ1) is 5.52. The number of rotatable bonds is 3. The maximum absolute atomic E-state index is 3.79. The Morgan fingerprint density at radius 1 is 0.917 bits per heavy atom. The van der Waals surface area contributed by atoms with Crippen molar-refractivity contribution in [3.8, 4) is 0 Å². The molecular formula is C12H18. The highest BCUT2D eigenvalue weighted by Gasteiger charge is 1.79. The summed E-state index contributed by atoms with van der Waals surface area (Å²) in [6.07, 6.45) is 8.30. The molecule has 0 radical (unpaired) electrons. The Balaban J connectivity index is 4.21. The lowest BCUT2D eigenvalue weighted by Gasteiger charge is -1.90. The second-order valence-corrected chi connectivity index (χ2v) is 3.33. The fourth-order valence-electron chi connectivity index (χ4n) is 0.627. The zero-order valence-corrected chi connectivity index (χ0v) is 8.52. The third kappa shape index (κ3) is 7.07. The van der Waals surface area contributed by atoms with Crippen molar-refractivity contribution < 1.29 is 0 Å². The molecule has 0 saturated heterocycles. The van der Waals surface area contributed by atoms with E-state index >= 15 is 0 Å². The average Bonchev–Trinajstić information content (AvgIpc) is 1.96. The maximum atomic E-state index is 3.79. The second-order valence-electron chi connectivity index (χ2n) is 3.33. The molecule has 0 aromatic heterocycles. The Hall–Kier alpha value is -1.04. The summed E-state index contributed by atoms with van der Waals surface area (Å²) in [5.74, 6) is 0. The summed E-state index contributed by atoms with van der Waals surface area (Å²) in [5, 5.41) is 0. The molecule has 0 atom stereocenters. The van der Waals surface area contributed by atoms with E-state index < -0.39 is 0 Å². The van der Waals surface area contributed by atoms with E-state index in [9.17, 15) is 0 Å². The molecule has 0 aliphatic carbocycles. The summed E-state index contributed by atoms with van der Waals surface area (Å²) in [6, 6.07) is 0. The van der Waals surface area contributed by atoms with Crippen LogP contribution in [0.4, 0.5) is 0 Å². The molecule has 0 bridgehead atoms. The molecule has 0 rings (SSSR count). The van der Waals surface area contributed by atoms with Crippen LogP contribution < -0.4 is 0 Å². The summed E-state index contributed by atoms with van der Waals surface area (Å²) >= 11 is 0. The fourth-order valence-corrected chi connectivity index (χ4v) is 0.627. The molecule has 0 N–H and O–H groups in total. The predicted molar refractivity (Wildman–Crippen MR) is 57.1 cm³/mol. The van der Waals surface area contributed by atoms with Crippen molar-refractivity contribution in [2.24, 2.45) is 0 Å². The molecule has 66 valence electrons. The molecule has 0 heteroatoms. The largest absolute Gasteiger partial charge is 0.0961 e. The van der Waals surface area contributed by atoms with Crippen LogP contribution in [0.1, 0.15) is 27.7 Å². The summed E-state index contributed by atoms with van der Waals surface area (Å²) < 4.78 is 0. The van der Waals surface area contributed by atoms with Crippen LogP contribution in [0.25, 0.3) is 0 Å². The van der Waals surface area contributed by atoms with Crippen LogP contribution in [0.2, 0.25) is 0 Å². The van der Waals surface area contributed by atoms with Gasteiger partial charge in [0, 0.05) is 0 Å². The molecule has 0 aromatic rings. The Morgan fingerprint density at radius 2 is 1.50 bits per heavy atom. The van der Waals surface area contributed by atoms with Crippen LogP contribution in [0.5, 0.6) is 0 Å². The van der Waals surface area contributed by atoms with Gasteiger partial charge in [0.1, 0.15) is 0 Å². The van der Waals surface area contributed by atoms with E-state index in [1.165, 1.54) is 11.1 Å². The predicted octanol–water partition coefficient (Wildman–Crippen LogP) is 4.03. The third-order valence-electron chi connectivity index (χ3n) is 1.31. The fraction of sp³-hybridized carbons (Fsp3) is 0.333. The average molecular weight is 162 g/mol. The van der Waals surface area contributed by atoms with Gasteiger partial charge < -0.3 is 0 Å². The third-order valence-corrected chi connectivity index (χ3v) is 1.31. The molecule has 0 saturated carbocycles. The molecule has 12 heavy (non-hydrogen) atoms. The van der Waals surface area contributed by atoms with Crippen molar-refractivity contribution in [2.75, 3.05) is 0 Å². The van der Waals surface area contributed by atoms with Crippen molar-refractivity contribution in [1.29, 1.82) is 0 Å². The second kappa shape index (κ2) is 5.59. The molecule has 0 nitrogen and oxygen atoms in total. The molecule has 0 spiro atoms. The van der Waals surface area contributed by atoms with Crippen molar-refractivity contribution in [3.63, 3.8) is 0 Å². The standard InChI is InChI=1S/C12H18/c1-10(2)6-8-12(5)9-7-11(3)4/h6-9H,1H2,2-5H3/b8-6+,12-9+. The lowest BCUT2D eigenvalue weighted by atomic mass is 10.2. The van der Waals surface area contributed by atoms with Gasteiger partial charge in [-0.05, 0) is 27.7 Å². The molecule has 0 fully saturated rings. The van der Waals surface area contributed by atoms with E-state index in [1.807, 2.05) is 13.0 Å². The highest BCUT2D eigenvalue weighted by atomic mass is 13.9. The lowest BCUT2D eigenvalue weighted by molar-refractivity contribution is 1.38. The van der Waals surface area contributed by atoms with Gasteiger partial charge in [0.15, 0.2) is 0 Å². The minimum atomic E-state index is 1.08. The van der Waals surface area contributed by atoms with Crippen molar-refractivity contribution >= 4 is 0 Å². The van der Waals surface area contributed by atoms with E-state index in [2.05, 4.69) is 45.6 Å². The van der Waals surface area contributed by atoms with Gasteiger partial charge in [-0.3, -0.25) is 0 Å². The summed E-state index contributed by atoms with van der Waals surface area (Å²) in [4.78, 5) is 0. The molecule has 0 aromatic carbocycles. The smallest absolute Gasteiger partial charge is 0.0398 e. The van der Waals surface area contributed by atoms with Gasteiger partial charge in [-0.2, -0.15) is 0 Å². The van der Waals surface area contributed by atoms with Gasteiger partial charge in [0.05, 0.1) is 0 Å². The normalized spacial score (nSPS) is 11.8. The van der Waals surface area contributed by atoms with Crippen molar-refractivity contribution in [3.05, 3.63) is 47.6 Å². The first-order valence-corrected chi connectivity index (χ1v) is 4.17. The SMILES string of the molecule is C=C(C)/C=C/C(C)=C/C=C(C)C. The number of allylic oxidation sites excluding steroid dienone is 7. The first kappa shape index (κ1) is 11.0. The minimum Gasteiger partial charge on any atom is -0.0961 e. The number of hydrogen-bond acceptors (Lipinski definition) is 0. The molecule has 0 aliphatic rings. The van der Waals surface area contributed by atoms with Gasteiger partial charge in [-0.25, -0.2) is 0 Å². The van der Waals surface area contributed by atoms with E-state index in [0.29, 0.717) is 0 Å². The van der Waals surface area contributed by atoms with Crippen molar-refractivity contribution in [1.82, 2.24) is 0 Å². The van der Waals surface area contributed by atoms with E-state index in [1.54, 1.807) is 0 Å². The van der Waals surface area contributed by atoms with Gasteiger partial charge in [0.25, 0.3) is 0 Å². The topological polar surface area (TPSA) is 0 Å². The quantitative estimate of drug-likeness (QED) is 0.549. The van der Waals surface area contributed by atoms with E-state index in [0.717, 1.165) is 5.57 Å². The monoisotopic (exact) mass is 162 g/mol. The molecule has 0 unspecified atom stereocenters. The highest BCUT2D eigenvalue weighted by molar-refractivity contribution is 5.27. The zero-order chi connectivity index (χ0) is 9.56. The lowest BCUT2D eigenvalue weighted by Crippen LogP contribution is -1.69. The van der Waals surface area contributed by atoms with Crippen LogP contribution >= 0.6 is 0 Å². The minimum absolute atomic E-state index is 1.08. The Bertz CT molecular complexity index is 233. The molecular weight excluding hydrogens is 144 g/mol. The van der Waals surface area contributed by atoms with Crippen LogP contribution in [0.15, 0.2) is 47.6 Å². The van der Waals surface area contributed by atoms with E-state index in [-0.39, 0.29) is 0 Å². The van der Waals surface area contributed by atoms with Crippen LogP contribution in [-0.2, 0) is 0 Å².